The van der Waals surface area contributed by atoms with Gasteiger partial charge in [-0.15, -0.1) is 0 Å². The number of aromatic carboxylic acids is 1. The van der Waals surface area contributed by atoms with Crippen molar-refractivity contribution < 1.29 is 23.4 Å². The average molecular weight is 731 g/mol. The number of oxazole rings is 1. The summed E-state index contributed by atoms with van der Waals surface area (Å²) in [6, 6.07) is 16.6. The number of pyridine rings is 1. The molecule has 0 spiro atoms. The summed E-state index contributed by atoms with van der Waals surface area (Å²) in [5.41, 5.74) is 4.67. The number of aliphatic imine (C=N–C) groups is 1. The van der Waals surface area contributed by atoms with Gasteiger partial charge in [-0.05, 0) is 81.5 Å². The summed E-state index contributed by atoms with van der Waals surface area (Å²) in [4.78, 5) is 23.5. The monoisotopic (exact) mass is 730 g/mol. The molecule has 0 radical (unpaired) electrons. The minimum absolute atomic E-state index is 0.0913. The molecule has 2 aromatic heterocycles. The molecule has 53 heavy (non-hydrogen) atoms. The molecule has 0 unspecified atom stereocenters. The topological polar surface area (TPSA) is 122 Å². The van der Waals surface area contributed by atoms with Crippen LogP contribution in [-0.4, -0.2) is 26.8 Å². The fourth-order valence-electron chi connectivity index (χ4n) is 4.30. The lowest BCUT2D eigenvalue weighted by Crippen LogP contribution is -2.00. The molecule has 0 saturated carbocycles. The van der Waals surface area contributed by atoms with Crippen LogP contribution in [0.1, 0.15) is 145 Å². The Morgan fingerprint density at radius 1 is 0.962 bits per heavy atom. The summed E-state index contributed by atoms with van der Waals surface area (Å²) in [5.74, 6) is 0.553. The van der Waals surface area contributed by atoms with Crippen molar-refractivity contribution in [2.24, 2.45) is 10.9 Å². The summed E-state index contributed by atoms with van der Waals surface area (Å²) in [6.45, 7) is 21.1. The van der Waals surface area contributed by atoms with Crippen LogP contribution in [0, 0.1) is 36.9 Å². The van der Waals surface area contributed by atoms with Crippen LogP contribution in [0.15, 0.2) is 76.5 Å². The maximum absolute atomic E-state index is 13.6. The number of benzene rings is 2. The van der Waals surface area contributed by atoms with Crippen molar-refractivity contribution in [2.45, 2.75) is 134 Å². The van der Waals surface area contributed by atoms with Gasteiger partial charge < -0.3 is 14.3 Å². The Morgan fingerprint density at radius 2 is 1.64 bits per heavy atom. The molecule has 0 saturated heterocycles. The van der Waals surface area contributed by atoms with Gasteiger partial charge in [0.1, 0.15) is 18.7 Å². The molecule has 0 atom stereocenters. The number of halogens is 1. The van der Waals surface area contributed by atoms with E-state index in [9.17, 15) is 9.18 Å². The van der Waals surface area contributed by atoms with E-state index >= 15 is 0 Å². The van der Waals surface area contributed by atoms with E-state index in [4.69, 9.17) is 19.5 Å². The molecule has 0 amide bonds. The van der Waals surface area contributed by atoms with Crippen molar-refractivity contribution in [1.29, 1.82) is 5.26 Å². The maximum Gasteiger partial charge on any atom is 0.335 e. The fraction of sp³-hybridized carbons (Fsp3) is 0.477. The maximum atomic E-state index is 13.6. The second kappa shape index (κ2) is 29.7. The summed E-state index contributed by atoms with van der Waals surface area (Å²) in [7, 11) is 0. The van der Waals surface area contributed by atoms with Gasteiger partial charge in [0.05, 0.1) is 29.1 Å². The van der Waals surface area contributed by atoms with Crippen molar-refractivity contribution >= 4 is 17.4 Å². The molecular formula is C44H63FN4O4. The molecule has 2 heterocycles. The van der Waals surface area contributed by atoms with Crippen LogP contribution >= 0.6 is 0 Å². The smallest absolute Gasteiger partial charge is 0.335 e. The van der Waals surface area contributed by atoms with Crippen molar-refractivity contribution in [2.75, 3.05) is 0 Å². The van der Waals surface area contributed by atoms with Gasteiger partial charge in [0.15, 0.2) is 5.89 Å². The highest BCUT2D eigenvalue weighted by atomic mass is 19.1. The van der Waals surface area contributed by atoms with E-state index in [1.54, 1.807) is 48.9 Å². The van der Waals surface area contributed by atoms with E-state index in [1.807, 2.05) is 39.0 Å². The Kier molecular flexibility index (Phi) is 27.0. The number of aromatic nitrogens is 2. The Morgan fingerprint density at radius 3 is 2.11 bits per heavy atom. The molecule has 0 aliphatic carbocycles. The van der Waals surface area contributed by atoms with Crippen molar-refractivity contribution in [3.05, 3.63) is 107 Å². The van der Waals surface area contributed by atoms with Gasteiger partial charge in [-0.2, -0.15) is 5.26 Å². The molecule has 9 heteroatoms. The van der Waals surface area contributed by atoms with Crippen LogP contribution in [0.25, 0.3) is 0 Å². The lowest BCUT2D eigenvalue weighted by atomic mass is 10.1. The highest BCUT2D eigenvalue weighted by Crippen LogP contribution is 2.21. The molecule has 290 valence electrons. The number of nitriles is 1. The van der Waals surface area contributed by atoms with Crippen LogP contribution < -0.4 is 4.74 Å². The lowest BCUT2D eigenvalue weighted by molar-refractivity contribution is 0.0696. The van der Waals surface area contributed by atoms with Crippen molar-refractivity contribution in [3.63, 3.8) is 0 Å². The highest BCUT2D eigenvalue weighted by molar-refractivity contribution is 5.89. The third-order valence-electron chi connectivity index (χ3n) is 7.31. The molecule has 0 fully saturated rings. The number of ether oxygens (including phenoxy) is 1. The zero-order chi connectivity index (χ0) is 40.0. The number of nitrogens with zero attached hydrogens (tertiary/aromatic N) is 4. The molecule has 2 aromatic carbocycles. The third kappa shape index (κ3) is 23.4. The van der Waals surface area contributed by atoms with Crippen LogP contribution in [0.3, 0.4) is 0 Å². The first-order valence-corrected chi connectivity index (χ1v) is 18.9. The summed E-state index contributed by atoms with van der Waals surface area (Å²) >= 11 is 0. The Balaban J connectivity index is 0.000000709. The first-order chi connectivity index (χ1) is 25.3. The van der Waals surface area contributed by atoms with E-state index in [-0.39, 0.29) is 6.61 Å². The van der Waals surface area contributed by atoms with E-state index < -0.39 is 11.8 Å². The number of hydrogen-bond donors (Lipinski definition) is 1. The number of hydrogen-bond acceptors (Lipinski definition) is 7. The Bertz CT molecular complexity index is 1620. The second-order valence-electron chi connectivity index (χ2n) is 13.0. The van der Waals surface area contributed by atoms with Gasteiger partial charge in [0.2, 0.25) is 5.88 Å². The SMILES string of the molecule is CC(CC(C)C)=Nc1ccc(C(=O)O)cc1C.CCCC.CCCCC.CCCCc1ncco1.Cc1cccc(OCc2ccc(C#N)cc2F)n1. The van der Waals surface area contributed by atoms with Crippen molar-refractivity contribution in [1.82, 2.24) is 9.97 Å². The van der Waals surface area contributed by atoms with Crippen molar-refractivity contribution in [3.8, 4) is 11.9 Å². The van der Waals surface area contributed by atoms with Gasteiger partial charge in [0, 0.05) is 29.5 Å². The van der Waals surface area contributed by atoms with E-state index in [0.29, 0.717) is 28.5 Å². The van der Waals surface area contributed by atoms with E-state index in [2.05, 4.69) is 63.4 Å². The zero-order valence-electron chi connectivity index (χ0n) is 33.8. The molecule has 4 rings (SSSR count). The van der Waals surface area contributed by atoms with Crippen LogP contribution in [-0.2, 0) is 13.0 Å². The second-order valence-corrected chi connectivity index (χ2v) is 13.0. The fourth-order valence-corrected chi connectivity index (χ4v) is 4.30. The number of carboxylic acid groups (broad SMARTS) is 1. The first kappa shape index (κ1) is 48.2. The van der Waals surface area contributed by atoms with Crippen LogP contribution in [0.4, 0.5) is 10.1 Å². The largest absolute Gasteiger partial charge is 0.478 e. The molecule has 0 bridgehead atoms. The Labute approximate surface area is 318 Å². The molecule has 4 aromatic rings. The minimum Gasteiger partial charge on any atom is -0.478 e. The minimum atomic E-state index is -0.900. The Hall–Kier alpha value is -4.84. The third-order valence-corrected chi connectivity index (χ3v) is 7.31. The highest BCUT2D eigenvalue weighted by Gasteiger charge is 2.07. The van der Waals surface area contributed by atoms with E-state index in [0.717, 1.165) is 41.4 Å². The van der Waals surface area contributed by atoms with E-state index in [1.165, 1.54) is 51.0 Å². The standard InChI is InChI=1S/C14H11FN2O.C14H19NO2.C7H11NO.C5H12.C4H10/c1-10-3-2-4-14(17-10)18-9-12-6-5-11(8-16)7-13(12)15;1-9(2)7-11(4)15-13-6-5-12(14(16)17)8-10(13)3;1-2-3-4-7-8-5-6-9-7;1-3-5-4-2;1-3-4-2/h2-7H,9H2,1H3;5-6,8-9H,7H2,1-4H3,(H,16,17);5-6H,2-4H2,1H3;3-5H2,1-2H3;3-4H2,1-2H3. The van der Waals surface area contributed by atoms with Gasteiger partial charge in [-0.25, -0.2) is 19.2 Å². The molecule has 8 nitrogen and oxygen atoms in total. The molecule has 0 aliphatic heterocycles. The van der Waals surface area contributed by atoms with Gasteiger partial charge >= 0.3 is 5.97 Å². The summed E-state index contributed by atoms with van der Waals surface area (Å²) in [6.07, 6.45) is 14.3. The molecular weight excluding hydrogens is 668 g/mol. The number of aryl methyl sites for hydroxylation is 3. The number of unbranched alkanes of at least 4 members (excludes halogenated alkanes) is 4. The summed E-state index contributed by atoms with van der Waals surface area (Å²) < 4.78 is 24.0. The first-order valence-electron chi connectivity index (χ1n) is 18.9. The lowest BCUT2D eigenvalue weighted by Gasteiger charge is -2.06. The molecule has 1 N–H and O–H groups in total. The normalized spacial score (nSPS) is 10.2. The van der Waals surface area contributed by atoms with Gasteiger partial charge in [-0.1, -0.05) is 99.1 Å². The van der Waals surface area contributed by atoms with Crippen LogP contribution in [0.2, 0.25) is 0 Å². The van der Waals surface area contributed by atoms with Gasteiger partial charge in [-0.3, -0.25) is 4.99 Å². The van der Waals surface area contributed by atoms with Crippen LogP contribution in [0.5, 0.6) is 5.88 Å². The predicted molar refractivity (Wildman–Crippen MR) is 216 cm³/mol. The quantitative estimate of drug-likeness (QED) is 0.136. The number of carbonyl (C=O) groups is 1. The zero-order valence-corrected chi connectivity index (χ0v) is 33.8. The van der Waals surface area contributed by atoms with Gasteiger partial charge in [0.25, 0.3) is 0 Å². The number of carboxylic acids is 1. The predicted octanol–water partition coefficient (Wildman–Crippen LogP) is 12.8. The number of rotatable bonds is 13. The summed E-state index contributed by atoms with van der Waals surface area (Å²) in [5, 5.41) is 17.5. The molecule has 0 aliphatic rings. The average Bonchev–Trinajstić information content (AvgIpc) is 3.66.